The first-order valence-corrected chi connectivity index (χ1v) is 9.10. The number of hydrogen-bond donors (Lipinski definition) is 1. The fraction of sp³-hybridized carbons (Fsp3) is 0.200. The molecule has 2 aromatic rings. The summed E-state index contributed by atoms with van der Waals surface area (Å²) in [5, 5.41) is 0.476. The molecule has 6 heteroatoms. The van der Waals surface area contributed by atoms with Gasteiger partial charge in [0.05, 0.1) is 9.92 Å². The molecule has 2 aromatic carbocycles. The van der Waals surface area contributed by atoms with E-state index in [0.717, 1.165) is 12.0 Å². The van der Waals surface area contributed by atoms with Crippen molar-refractivity contribution in [3.05, 3.63) is 63.1 Å². The van der Waals surface area contributed by atoms with E-state index in [2.05, 4.69) is 27.6 Å². The molecule has 0 aliphatic carbocycles. The van der Waals surface area contributed by atoms with E-state index in [4.69, 9.17) is 11.6 Å². The van der Waals surface area contributed by atoms with Crippen LogP contribution < -0.4 is 4.72 Å². The van der Waals surface area contributed by atoms with E-state index in [-0.39, 0.29) is 11.4 Å². The average molecular weight is 389 g/mol. The molecule has 0 atom stereocenters. The first-order chi connectivity index (χ1) is 9.92. The lowest BCUT2D eigenvalue weighted by atomic mass is 10.1. The van der Waals surface area contributed by atoms with Gasteiger partial charge in [-0.15, -0.1) is 0 Å². The Morgan fingerprint density at radius 2 is 1.71 bits per heavy atom. The van der Waals surface area contributed by atoms with Crippen LogP contribution in [0.25, 0.3) is 0 Å². The number of nitrogens with one attached hydrogen (secondary N) is 1. The Morgan fingerprint density at radius 1 is 1.10 bits per heavy atom. The first kappa shape index (κ1) is 16.5. The minimum absolute atomic E-state index is 0.184. The highest BCUT2D eigenvalue weighted by Crippen LogP contribution is 2.25. The lowest BCUT2D eigenvalue weighted by Gasteiger charge is -2.08. The number of aryl methyl sites for hydroxylation is 1. The fourth-order valence-corrected chi connectivity index (χ4v) is 3.49. The lowest BCUT2D eigenvalue weighted by Crippen LogP contribution is -2.23. The molecule has 112 valence electrons. The third-order valence-electron chi connectivity index (χ3n) is 3.10. The smallest absolute Gasteiger partial charge is 0.207 e. The molecule has 0 aliphatic heterocycles. The predicted molar refractivity (Wildman–Crippen MR) is 89.0 cm³/mol. The van der Waals surface area contributed by atoms with Crippen LogP contribution in [0.3, 0.4) is 0 Å². The van der Waals surface area contributed by atoms with E-state index in [1.165, 1.54) is 17.7 Å². The van der Waals surface area contributed by atoms with Crippen molar-refractivity contribution < 1.29 is 8.42 Å². The normalized spacial score (nSPS) is 11.6. The highest BCUT2D eigenvalue weighted by Gasteiger charge is 2.14. The summed E-state index contributed by atoms with van der Waals surface area (Å²) in [5.74, 6) is 0. The maximum atomic E-state index is 12.2. The SMILES string of the molecule is CCc1ccc(CNS(=O)(=O)c2ccc(Cl)c(Br)c2)cc1. The molecule has 0 aromatic heterocycles. The minimum Gasteiger partial charge on any atom is -0.207 e. The van der Waals surface area contributed by atoms with Crippen molar-refractivity contribution in [3.63, 3.8) is 0 Å². The number of rotatable bonds is 5. The Kier molecular flexibility index (Phi) is 5.43. The van der Waals surface area contributed by atoms with Gasteiger partial charge in [-0.3, -0.25) is 0 Å². The monoisotopic (exact) mass is 387 g/mol. The molecule has 0 saturated carbocycles. The second-order valence-corrected chi connectivity index (χ2v) is 7.60. The van der Waals surface area contributed by atoms with E-state index >= 15 is 0 Å². The molecule has 3 nitrogen and oxygen atoms in total. The van der Waals surface area contributed by atoms with Crippen molar-refractivity contribution in [2.45, 2.75) is 24.8 Å². The number of sulfonamides is 1. The van der Waals surface area contributed by atoms with Crippen LogP contribution in [0.1, 0.15) is 18.1 Å². The van der Waals surface area contributed by atoms with Gasteiger partial charge < -0.3 is 0 Å². The Labute approximate surface area is 138 Å². The summed E-state index contributed by atoms with van der Waals surface area (Å²) >= 11 is 9.10. The maximum absolute atomic E-state index is 12.2. The van der Waals surface area contributed by atoms with E-state index in [9.17, 15) is 8.42 Å². The van der Waals surface area contributed by atoms with E-state index < -0.39 is 10.0 Å². The van der Waals surface area contributed by atoms with Crippen LogP contribution in [-0.2, 0) is 23.0 Å². The molecule has 0 amide bonds. The Hall–Kier alpha value is -0.880. The van der Waals surface area contributed by atoms with E-state index in [1.54, 1.807) is 6.07 Å². The van der Waals surface area contributed by atoms with Crippen LogP contribution in [-0.4, -0.2) is 8.42 Å². The van der Waals surface area contributed by atoms with E-state index in [1.807, 2.05) is 24.3 Å². The average Bonchev–Trinajstić information content (AvgIpc) is 2.48. The summed E-state index contributed by atoms with van der Waals surface area (Å²) in [6.07, 6.45) is 0.963. The van der Waals surface area contributed by atoms with Crippen molar-refractivity contribution in [2.24, 2.45) is 0 Å². The topological polar surface area (TPSA) is 46.2 Å². The molecule has 0 aliphatic rings. The largest absolute Gasteiger partial charge is 0.240 e. The Morgan fingerprint density at radius 3 is 2.29 bits per heavy atom. The third kappa shape index (κ3) is 4.30. The molecule has 1 N–H and O–H groups in total. The second-order valence-electron chi connectivity index (χ2n) is 4.57. The zero-order valence-corrected chi connectivity index (χ0v) is 14.6. The van der Waals surface area contributed by atoms with Gasteiger partial charge in [-0.25, -0.2) is 13.1 Å². The fourth-order valence-electron chi connectivity index (χ4n) is 1.80. The Bertz CT molecular complexity index is 730. The molecular weight excluding hydrogens is 374 g/mol. The summed E-state index contributed by atoms with van der Waals surface area (Å²) < 4.78 is 27.6. The summed E-state index contributed by atoms with van der Waals surface area (Å²) in [5.41, 5.74) is 2.15. The van der Waals surface area contributed by atoms with Crippen LogP contribution in [0.15, 0.2) is 51.8 Å². The van der Waals surface area contributed by atoms with E-state index in [0.29, 0.717) is 9.50 Å². The van der Waals surface area contributed by atoms with Gasteiger partial charge >= 0.3 is 0 Å². The molecule has 0 spiro atoms. The van der Waals surface area contributed by atoms with Gasteiger partial charge in [-0.2, -0.15) is 0 Å². The lowest BCUT2D eigenvalue weighted by molar-refractivity contribution is 0.581. The van der Waals surface area contributed by atoms with Crippen molar-refractivity contribution in [2.75, 3.05) is 0 Å². The van der Waals surface area contributed by atoms with Crippen molar-refractivity contribution in [1.82, 2.24) is 4.72 Å². The van der Waals surface area contributed by atoms with Crippen molar-refractivity contribution >= 4 is 37.6 Å². The highest BCUT2D eigenvalue weighted by molar-refractivity contribution is 9.10. The van der Waals surface area contributed by atoms with Gasteiger partial charge in [0.15, 0.2) is 0 Å². The molecule has 0 fully saturated rings. The van der Waals surface area contributed by atoms with Crippen molar-refractivity contribution in [1.29, 1.82) is 0 Å². The molecule has 2 rings (SSSR count). The zero-order chi connectivity index (χ0) is 15.5. The summed E-state index contributed by atoms with van der Waals surface area (Å²) in [6, 6.07) is 12.4. The maximum Gasteiger partial charge on any atom is 0.240 e. The quantitative estimate of drug-likeness (QED) is 0.836. The van der Waals surface area contributed by atoms with Crippen molar-refractivity contribution in [3.8, 4) is 0 Å². The van der Waals surface area contributed by atoms with Crippen LogP contribution in [0.2, 0.25) is 5.02 Å². The Balaban J connectivity index is 2.11. The standard InChI is InChI=1S/C15H15BrClNO2S/c1-2-11-3-5-12(6-4-11)10-18-21(19,20)13-7-8-15(17)14(16)9-13/h3-9,18H,2,10H2,1H3. The van der Waals surface area contributed by atoms with Crippen LogP contribution in [0.4, 0.5) is 0 Å². The van der Waals surface area contributed by atoms with Gasteiger partial charge in [0, 0.05) is 11.0 Å². The minimum atomic E-state index is -3.55. The van der Waals surface area contributed by atoms with Gasteiger partial charge in [-0.05, 0) is 51.7 Å². The molecule has 0 heterocycles. The molecule has 0 saturated heterocycles. The predicted octanol–water partition coefficient (Wildman–Crippen LogP) is 4.14. The molecule has 0 bridgehead atoms. The summed E-state index contributed by atoms with van der Waals surface area (Å²) in [7, 11) is -3.55. The molecular formula is C15H15BrClNO2S. The zero-order valence-electron chi connectivity index (χ0n) is 11.4. The third-order valence-corrected chi connectivity index (χ3v) is 5.71. The molecule has 0 unspecified atom stereocenters. The highest BCUT2D eigenvalue weighted by atomic mass is 79.9. The number of hydrogen-bond acceptors (Lipinski definition) is 2. The van der Waals surface area contributed by atoms with Gasteiger partial charge in [-0.1, -0.05) is 42.8 Å². The number of halogens is 2. The second kappa shape index (κ2) is 6.92. The van der Waals surface area contributed by atoms with Gasteiger partial charge in [0.2, 0.25) is 10.0 Å². The molecule has 0 radical (unpaired) electrons. The van der Waals surface area contributed by atoms with Crippen LogP contribution >= 0.6 is 27.5 Å². The first-order valence-electron chi connectivity index (χ1n) is 6.45. The van der Waals surface area contributed by atoms with Crippen LogP contribution in [0, 0.1) is 0 Å². The molecule has 21 heavy (non-hydrogen) atoms. The van der Waals surface area contributed by atoms with Crippen LogP contribution in [0.5, 0.6) is 0 Å². The summed E-state index contributed by atoms with van der Waals surface area (Å²) in [6.45, 7) is 2.34. The van der Waals surface area contributed by atoms with Gasteiger partial charge in [0.1, 0.15) is 0 Å². The van der Waals surface area contributed by atoms with Gasteiger partial charge in [0.25, 0.3) is 0 Å². The number of benzene rings is 2. The summed E-state index contributed by atoms with van der Waals surface area (Å²) in [4.78, 5) is 0.184.